The number of hydrogen-bond donors (Lipinski definition) is 0. The SMILES string of the molecule is CC1(C)OB(c2ccc(-c3nc4ccccc4n3-c3ccc(-c4c5ccccc5c(-c5cccc6ccccc56)c5ccccc45)cc3)cc2)OC1(C)C. The molecule has 0 unspecified atom stereocenters. The van der Waals surface area contributed by atoms with Gasteiger partial charge in [-0.3, -0.25) is 4.57 Å². The highest BCUT2D eigenvalue weighted by atomic mass is 16.7. The average molecular weight is 699 g/mol. The number of rotatable bonds is 5. The van der Waals surface area contributed by atoms with Gasteiger partial charge in [0.1, 0.15) is 5.82 Å². The maximum absolute atomic E-state index is 6.34. The average Bonchev–Trinajstić information content (AvgIpc) is 3.69. The molecule has 1 fully saturated rings. The molecule has 0 N–H and O–H groups in total. The molecule has 1 saturated heterocycles. The van der Waals surface area contributed by atoms with E-state index in [9.17, 15) is 0 Å². The van der Waals surface area contributed by atoms with E-state index in [1.165, 1.54) is 54.6 Å². The van der Waals surface area contributed by atoms with Gasteiger partial charge in [-0.15, -0.1) is 0 Å². The fourth-order valence-electron chi connectivity index (χ4n) is 8.20. The molecule has 260 valence electrons. The Morgan fingerprint density at radius 2 is 1.00 bits per heavy atom. The molecule has 0 radical (unpaired) electrons. The van der Waals surface area contributed by atoms with Crippen LogP contribution in [0.15, 0.2) is 164 Å². The topological polar surface area (TPSA) is 36.3 Å². The van der Waals surface area contributed by atoms with E-state index in [1.807, 2.05) is 6.07 Å². The van der Waals surface area contributed by atoms with Crippen LogP contribution in [-0.4, -0.2) is 27.9 Å². The van der Waals surface area contributed by atoms with Crippen molar-refractivity contribution in [3.8, 4) is 39.3 Å². The Morgan fingerprint density at radius 3 is 1.65 bits per heavy atom. The van der Waals surface area contributed by atoms with Gasteiger partial charge in [0, 0.05) is 11.3 Å². The smallest absolute Gasteiger partial charge is 0.399 e. The zero-order valence-electron chi connectivity index (χ0n) is 30.9. The summed E-state index contributed by atoms with van der Waals surface area (Å²) in [5.41, 5.74) is 9.24. The summed E-state index contributed by atoms with van der Waals surface area (Å²) < 4.78 is 14.9. The Morgan fingerprint density at radius 1 is 0.481 bits per heavy atom. The first-order chi connectivity index (χ1) is 26.3. The van der Waals surface area contributed by atoms with E-state index in [0.717, 1.165) is 33.6 Å². The summed E-state index contributed by atoms with van der Waals surface area (Å²) in [4.78, 5) is 5.16. The fourth-order valence-corrected chi connectivity index (χ4v) is 8.20. The molecule has 1 aliphatic rings. The summed E-state index contributed by atoms with van der Waals surface area (Å²) in [7, 11) is -0.413. The van der Waals surface area contributed by atoms with E-state index >= 15 is 0 Å². The molecule has 0 amide bonds. The van der Waals surface area contributed by atoms with Gasteiger partial charge in [0.2, 0.25) is 0 Å². The molecule has 54 heavy (non-hydrogen) atoms. The van der Waals surface area contributed by atoms with Gasteiger partial charge in [0.15, 0.2) is 0 Å². The number of hydrogen-bond acceptors (Lipinski definition) is 3. The molecule has 1 aromatic heterocycles. The molecule has 2 heterocycles. The summed E-state index contributed by atoms with van der Waals surface area (Å²) >= 11 is 0. The van der Waals surface area contributed by atoms with E-state index < -0.39 is 18.3 Å². The zero-order chi connectivity index (χ0) is 36.6. The first kappa shape index (κ1) is 32.6. The van der Waals surface area contributed by atoms with Crippen LogP contribution >= 0.6 is 0 Å². The lowest BCUT2D eigenvalue weighted by Crippen LogP contribution is -2.41. The number of aromatic nitrogens is 2. The number of fused-ring (bicyclic) bond motifs is 4. The van der Waals surface area contributed by atoms with Crippen LogP contribution in [0.5, 0.6) is 0 Å². The Kier molecular flexibility index (Phi) is 7.42. The van der Waals surface area contributed by atoms with Gasteiger partial charge < -0.3 is 9.31 Å². The van der Waals surface area contributed by atoms with E-state index in [0.29, 0.717) is 0 Å². The summed E-state index contributed by atoms with van der Waals surface area (Å²) in [6, 6.07) is 58.9. The van der Waals surface area contributed by atoms with Crippen molar-refractivity contribution in [2.24, 2.45) is 0 Å². The molecule has 8 aromatic carbocycles. The van der Waals surface area contributed by atoms with Crippen LogP contribution in [0, 0.1) is 0 Å². The summed E-state index contributed by atoms with van der Waals surface area (Å²) in [5, 5.41) is 7.48. The largest absolute Gasteiger partial charge is 0.494 e. The molecule has 1 aliphatic heterocycles. The lowest BCUT2D eigenvalue weighted by Gasteiger charge is -2.32. The van der Waals surface area contributed by atoms with Crippen molar-refractivity contribution >= 4 is 55.9 Å². The van der Waals surface area contributed by atoms with Gasteiger partial charge in [-0.2, -0.15) is 0 Å². The maximum atomic E-state index is 6.34. The van der Waals surface area contributed by atoms with E-state index in [1.54, 1.807) is 0 Å². The molecule has 10 rings (SSSR count). The molecule has 0 spiro atoms. The standard InChI is InChI=1S/C49H39BN2O2/c1-48(2)49(3,4)54-50(53-48)35-28-24-34(25-29-35)47-51-43-22-11-12-23-44(43)52(47)36-30-26-33(27-31-36)45-39-17-7-9-19-41(39)46(42-20-10-8-18-40(42)45)38-21-13-15-32-14-5-6-16-37(32)38/h5-31H,1-4H3. The van der Waals surface area contributed by atoms with Crippen molar-refractivity contribution in [2.45, 2.75) is 38.9 Å². The van der Waals surface area contributed by atoms with E-state index in [4.69, 9.17) is 14.3 Å². The lowest BCUT2D eigenvalue weighted by molar-refractivity contribution is 0.00578. The summed E-state index contributed by atoms with van der Waals surface area (Å²) in [5.74, 6) is 0.889. The molecule has 4 nitrogen and oxygen atoms in total. The first-order valence-corrected chi connectivity index (χ1v) is 18.7. The molecule has 5 heteroatoms. The van der Waals surface area contributed by atoms with Crippen LogP contribution in [0.3, 0.4) is 0 Å². The van der Waals surface area contributed by atoms with Crippen molar-refractivity contribution in [2.75, 3.05) is 0 Å². The molecular formula is C49H39BN2O2. The van der Waals surface area contributed by atoms with Gasteiger partial charge >= 0.3 is 7.12 Å². The van der Waals surface area contributed by atoms with Crippen LogP contribution in [-0.2, 0) is 9.31 Å². The molecule has 0 bridgehead atoms. The van der Waals surface area contributed by atoms with Crippen molar-refractivity contribution in [1.82, 2.24) is 9.55 Å². The first-order valence-electron chi connectivity index (χ1n) is 18.7. The number of benzene rings is 8. The third-order valence-electron chi connectivity index (χ3n) is 11.7. The maximum Gasteiger partial charge on any atom is 0.494 e. The Balaban J connectivity index is 1.09. The van der Waals surface area contributed by atoms with Crippen LogP contribution in [0.1, 0.15) is 27.7 Å². The fraction of sp³-hybridized carbons (Fsp3) is 0.122. The van der Waals surface area contributed by atoms with Crippen molar-refractivity contribution in [3.63, 3.8) is 0 Å². The minimum Gasteiger partial charge on any atom is -0.399 e. The van der Waals surface area contributed by atoms with E-state index in [2.05, 4.69) is 190 Å². The van der Waals surface area contributed by atoms with Crippen LogP contribution in [0.2, 0.25) is 0 Å². The molecule has 0 atom stereocenters. The van der Waals surface area contributed by atoms with Crippen LogP contribution < -0.4 is 5.46 Å². The number of para-hydroxylation sites is 2. The number of nitrogens with zero attached hydrogens (tertiary/aromatic N) is 2. The Hall–Kier alpha value is -6.01. The highest BCUT2D eigenvalue weighted by molar-refractivity contribution is 6.62. The molecule has 0 aliphatic carbocycles. The van der Waals surface area contributed by atoms with Crippen molar-refractivity contribution in [3.05, 3.63) is 164 Å². The Bertz CT molecular complexity index is 2810. The molecule has 9 aromatic rings. The third-order valence-corrected chi connectivity index (χ3v) is 11.7. The van der Waals surface area contributed by atoms with Gasteiger partial charge in [-0.1, -0.05) is 140 Å². The van der Waals surface area contributed by atoms with Crippen LogP contribution in [0.4, 0.5) is 0 Å². The van der Waals surface area contributed by atoms with Crippen molar-refractivity contribution < 1.29 is 9.31 Å². The Labute approximate surface area is 315 Å². The monoisotopic (exact) mass is 698 g/mol. The highest BCUT2D eigenvalue weighted by Crippen LogP contribution is 2.45. The van der Waals surface area contributed by atoms with Gasteiger partial charge in [0.25, 0.3) is 0 Å². The lowest BCUT2D eigenvalue weighted by atomic mass is 9.79. The zero-order valence-corrected chi connectivity index (χ0v) is 30.9. The van der Waals surface area contributed by atoms with Gasteiger partial charge in [-0.25, -0.2) is 4.98 Å². The predicted molar refractivity (Wildman–Crippen MR) is 226 cm³/mol. The summed E-state index contributed by atoms with van der Waals surface area (Å²) in [6.45, 7) is 8.34. The predicted octanol–water partition coefficient (Wildman–Crippen LogP) is 11.8. The van der Waals surface area contributed by atoms with Gasteiger partial charge in [0.05, 0.1) is 22.2 Å². The second-order valence-corrected chi connectivity index (χ2v) is 15.4. The highest BCUT2D eigenvalue weighted by Gasteiger charge is 2.51. The quantitative estimate of drug-likeness (QED) is 0.133. The summed E-state index contributed by atoms with van der Waals surface area (Å²) in [6.07, 6.45) is 0. The molecular weight excluding hydrogens is 659 g/mol. The number of imidazole rings is 1. The minimum atomic E-state index is -0.413. The van der Waals surface area contributed by atoms with Crippen molar-refractivity contribution in [1.29, 1.82) is 0 Å². The minimum absolute atomic E-state index is 0.395. The second kappa shape index (κ2) is 12.3. The van der Waals surface area contributed by atoms with E-state index in [-0.39, 0.29) is 0 Å². The second-order valence-electron chi connectivity index (χ2n) is 15.4. The molecule has 0 saturated carbocycles. The van der Waals surface area contributed by atoms with Crippen LogP contribution in [0.25, 0.3) is 82.7 Å². The third kappa shape index (κ3) is 5.11. The normalized spacial score (nSPS) is 15.1. The van der Waals surface area contributed by atoms with Gasteiger partial charge in [-0.05, 0) is 112 Å².